The minimum Gasteiger partial charge on any atom is -0.0654 e. The molecule has 0 saturated heterocycles. The molecule has 0 aliphatic heterocycles. The van der Waals surface area contributed by atoms with E-state index in [1.54, 1.807) is 0 Å². The fraction of sp³-hybridized carbons (Fsp3) is 1.00. The van der Waals surface area contributed by atoms with Crippen LogP contribution in [0, 0.1) is 17.3 Å². The van der Waals surface area contributed by atoms with E-state index in [4.69, 9.17) is 0 Å². The molecule has 0 heteroatoms. The number of hydrogen-bond acceptors (Lipinski definition) is 0. The molecule has 1 saturated carbocycles. The van der Waals surface area contributed by atoms with Gasteiger partial charge in [-0.2, -0.15) is 0 Å². The van der Waals surface area contributed by atoms with Crippen LogP contribution in [0.1, 0.15) is 85.5 Å². The molecule has 1 atom stereocenters. The van der Waals surface area contributed by atoms with Gasteiger partial charge in [-0.05, 0) is 36.5 Å². The van der Waals surface area contributed by atoms with Crippen molar-refractivity contribution in [2.75, 3.05) is 0 Å². The van der Waals surface area contributed by atoms with Crippen LogP contribution < -0.4 is 0 Å². The Balaban J connectivity index is 2.47. The van der Waals surface area contributed by atoms with Gasteiger partial charge < -0.3 is 0 Å². The van der Waals surface area contributed by atoms with Crippen LogP contribution in [-0.2, 0) is 0 Å². The maximum atomic E-state index is 2.55. The summed E-state index contributed by atoms with van der Waals surface area (Å²) in [7, 11) is 0. The highest BCUT2D eigenvalue weighted by Gasteiger charge is 2.28. The Morgan fingerprint density at radius 2 is 1.75 bits per heavy atom. The number of rotatable bonds is 6. The first kappa shape index (κ1) is 14.1. The summed E-state index contributed by atoms with van der Waals surface area (Å²) in [6.07, 6.45) is 13.2. The molecule has 0 N–H and O–H groups in total. The van der Waals surface area contributed by atoms with Gasteiger partial charge in [0.25, 0.3) is 0 Å². The van der Waals surface area contributed by atoms with Crippen LogP contribution in [0.25, 0.3) is 0 Å². The minimum absolute atomic E-state index is 0.630. The molecule has 1 aliphatic carbocycles. The molecule has 1 fully saturated rings. The summed E-state index contributed by atoms with van der Waals surface area (Å²) in [6, 6.07) is 0. The predicted molar refractivity (Wildman–Crippen MR) is 73.7 cm³/mol. The van der Waals surface area contributed by atoms with Gasteiger partial charge in [0.2, 0.25) is 0 Å². The van der Waals surface area contributed by atoms with Gasteiger partial charge in [-0.25, -0.2) is 0 Å². The zero-order valence-corrected chi connectivity index (χ0v) is 12.0. The lowest BCUT2D eigenvalue weighted by atomic mass is 9.69. The third kappa shape index (κ3) is 4.89. The van der Waals surface area contributed by atoms with Crippen molar-refractivity contribution in [3.05, 3.63) is 0 Å². The van der Waals surface area contributed by atoms with Crippen molar-refractivity contribution >= 4 is 0 Å². The molecule has 0 bridgehead atoms. The maximum Gasteiger partial charge on any atom is -0.0321 e. The number of hydrogen-bond donors (Lipinski definition) is 0. The second-order valence-corrected chi connectivity index (χ2v) is 6.87. The van der Waals surface area contributed by atoms with E-state index in [1.165, 1.54) is 57.8 Å². The fourth-order valence-electron chi connectivity index (χ4n) is 3.96. The lowest BCUT2D eigenvalue weighted by Gasteiger charge is -2.36. The van der Waals surface area contributed by atoms with E-state index >= 15 is 0 Å². The first-order valence-electron chi connectivity index (χ1n) is 7.56. The summed E-state index contributed by atoms with van der Waals surface area (Å²) in [4.78, 5) is 0. The molecule has 96 valence electrons. The summed E-state index contributed by atoms with van der Waals surface area (Å²) >= 11 is 0. The lowest BCUT2D eigenvalue weighted by molar-refractivity contribution is 0.156. The highest BCUT2D eigenvalue weighted by molar-refractivity contribution is 4.80. The Labute approximate surface area is 103 Å². The van der Waals surface area contributed by atoms with Gasteiger partial charge >= 0.3 is 0 Å². The van der Waals surface area contributed by atoms with Gasteiger partial charge in [0.05, 0.1) is 0 Å². The molecule has 0 radical (unpaired) electrons. The molecule has 16 heavy (non-hydrogen) atoms. The fourth-order valence-corrected chi connectivity index (χ4v) is 3.96. The first-order chi connectivity index (χ1) is 7.56. The van der Waals surface area contributed by atoms with Crippen molar-refractivity contribution in [3.8, 4) is 0 Å². The molecule has 0 aromatic heterocycles. The molecule has 0 aromatic rings. The quantitative estimate of drug-likeness (QED) is 0.534. The van der Waals surface area contributed by atoms with Gasteiger partial charge in [-0.3, -0.25) is 0 Å². The molecule has 0 amide bonds. The first-order valence-corrected chi connectivity index (χ1v) is 7.56. The Kier molecular flexibility index (Phi) is 5.86. The van der Waals surface area contributed by atoms with Crippen molar-refractivity contribution in [1.82, 2.24) is 0 Å². The van der Waals surface area contributed by atoms with E-state index in [9.17, 15) is 0 Å². The third-order valence-electron chi connectivity index (χ3n) is 4.26. The van der Waals surface area contributed by atoms with Crippen molar-refractivity contribution in [3.63, 3.8) is 0 Å². The SMILES string of the molecule is CCCC(C)(CC(C)C)CC1CCCCC1. The second kappa shape index (κ2) is 6.67. The van der Waals surface area contributed by atoms with Crippen molar-refractivity contribution < 1.29 is 0 Å². The molecule has 1 aliphatic rings. The summed E-state index contributed by atoms with van der Waals surface area (Å²) in [6.45, 7) is 9.66. The smallest absolute Gasteiger partial charge is 0.0321 e. The van der Waals surface area contributed by atoms with E-state index in [0.29, 0.717) is 5.41 Å². The van der Waals surface area contributed by atoms with Crippen LogP contribution in [0.2, 0.25) is 0 Å². The monoisotopic (exact) mass is 224 g/mol. The van der Waals surface area contributed by atoms with Crippen LogP contribution >= 0.6 is 0 Å². The Morgan fingerprint density at radius 3 is 2.25 bits per heavy atom. The molecule has 0 heterocycles. The van der Waals surface area contributed by atoms with Crippen molar-refractivity contribution in [2.45, 2.75) is 85.5 Å². The van der Waals surface area contributed by atoms with Gasteiger partial charge in [0, 0.05) is 0 Å². The predicted octanol–water partition coefficient (Wildman–Crippen LogP) is 5.81. The lowest BCUT2D eigenvalue weighted by Crippen LogP contribution is -2.24. The average molecular weight is 224 g/mol. The van der Waals surface area contributed by atoms with Crippen LogP contribution in [0.5, 0.6) is 0 Å². The van der Waals surface area contributed by atoms with Crippen molar-refractivity contribution in [1.29, 1.82) is 0 Å². The van der Waals surface area contributed by atoms with Gasteiger partial charge in [-0.1, -0.05) is 66.2 Å². The molecule has 1 rings (SSSR count). The molecular weight excluding hydrogens is 192 g/mol. The second-order valence-electron chi connectivity index (χ2n) is 6.87. The van der Waals surface area contributed by atoms with E-state index in [1.807, 2.05) is 0 Å². The maximum absolute atomic E-state index is 2.55. The Hall–Kier alpha value is 0. The van der Waals surface area contributed by atoms with Crippen LogP contribution in [0.3, 0.4) is 0 Å². The molecular formula is C16H32. The zero-order valence-electron chi connectivity index (χ0n) is 12.0. The zero-order chi connectivity index (χ0) is 12.0. The topological polar surface area (TPSA) is 0 Å². The van der Waals surface area contributed by atoms with Crippen LogP contribution in [0.15, 0.2) is 0 Å². The van der Waals surface area contributed by atoms with Gasteiger partial charge in [-0.15, -0.1) is 0 Å². The van der Waals surface area contributed by atoms with Gasteiger partial charge in [0.15, 0.2) is 0 Å². The highest BCUT2D eigenvalue weighted by Crippen LogP contribution is 2.41. The normalized spacial score (nSPS) is 22.3. The van der Waals surface area contributed by atoms with E-state index < -0.39 is 0 Å². The minimum atomic E-state index is 0.630. The highest BCUT2D eigenvalue weighted by atomic mass is 14.3. The largest absolute Gasteiger partial charge is 0.0654 e. The summed E-state index contributed by atoms with van der Waals surface area (Å²) in [5.41, 5.74) is 0.630. The van der Waals surface area contributed by atoms with Crippen LogP contribution in [0.4, 0.5) is 0 Å². The Bertz CT molecular complexity index is 176. The third-order valence-corrected chi connectivity index (χ3v) is 4.26. The van der Waals surface area contributed by atoms with Crippen LogP contribution in [-0.4, -0.2) is 0 Å². The average Bonchev–Trinajstić information content (AvgIpc) is 2.17. The molecule has 0 nitrogen and oxygen atoms in total. The molecule has 1 unspecified atom stereocenters. The van der Waals surface area contributed by atoms with E-state index in [2.05, 4.69) is 27.7 Å². The van der Waals surface area contributed by atoms with Gasteiger partial charge in [0.1, 0.15) is 0 Å². The summed E-state index contributed by atoms with van der Waals surface area (Å²) in [5.74, 6) is 1.91. The summed E-state index contributed by atoms with van der Waals surface area (Å²) < 4.78 is 0. The van der Waals surface area contributed by atoms with E-state index in [0.717, 1.165) is 11.8 Å². The van der Waals surface area contributed by atoms with Crippen molar-refractivity contribution in [2.24, 2.45) is 17.3 Å². The molecule has 0 aromatic carbocycles. The summed E-state index contributed by atoms with van der Waals surface area (Å²) in [5, 5.41) is 0. The molecule has 0 spiro atoms. The standard InChI is InChI=1S/C16H32/c1-5-11-16(4,12-14(2)3)13-15-9-7-6-8-10-15/h14-15H,5-13H2,1-4H3. The Morgan fingerprint density at radius 1 is 1.12 bits per heavy atom. The van der Waals surface area contributed by atoms with E-state index in [-0.39, 0.29) is 0 Å².